The van der Waals surface area contributed by atoms with Crippen molar-refractivity contribution < 1.29 is 38.6 Å². The van der Waals surface area contributed by atoms with E-state index in [2.05, 4.69) is 21.3 Å². The minimum atomic E-state index is -1.23. The van der Waals surface area contributed by atoms with Gasteiger partial charge in [-0.1, -0.05) is 0 Å². The minimum absolute atomic E-state index is 0.122. The molecule has 0 aliphatic carbocycles. The zero-order valence-electron chi connectivity index (χ0n) is 22.4. The predicted octanol–water partition coefficient (Wildman–Crippen LogP) is 0.0141. The van der Waals surface area contributed by atoms with Crippen molar-refractivity contribution in [3.8, 4) is 0 Å². The average molecular weight is 518 g/mol. The van der Waals surface area contributed by atoms with Crippen molar-refractivity contribution in [2.75, 3.05) is 19.6 Å². The maximum Gasteiger partial charge on any atom is 0.407 e. The Balaban J connectivity index is 4.72. The van der Waals surface area contributed by atoms with E-state index in [1.54, 1.807) is 48.5 Å². The normalized spacial score (nSPS) is 14.1. The van der Waals surface area contributed by atoms with Crippen molar-refractivity contribution in [3.63, 3.8) is 0 Å². The summed E-state index contributed by atoms with van der Waals surface area (Å²) in [6.45, 7) is 11.6. The molecule has 3 atom stereocenters. The lowest BCUT2D eigenvalue weighted by molar-refractivity contribution is -0.142. The quantitative estimate of drug-likeness (QED) is 0.172. The Hall–Kier alpha value is -2.93. The van der Waals surface area contributed by atoms with E-state index in [1.807, 2.05) is 0 Å². The van der Waals surface area contributed by atoms with Crippen molar-refractivity contribution >= 4 is 29.8 Å². The molecule has 7 N–H and O–H groups in total. The second-order valence-corrected chi connectivity index (χ2v) is 10.3. The lowest BCUT2D eigenvalue weighted by Crippen LogP contribution is -2.56. The maximum atomic E-state index is 12.6. The largest absolute Gasteiger partial charge is 0.480 e. The molecule has 0 heterocycles. The van der Waals surface area contributed by atoms with Gasteiger partial charge in [0.25, 0.3) is 0 Å². The molecule has 0 fully saturated rings. The van der Waals surface area contributed by atoms with E-state index >= 15 is 0 Å². The van der Waals surface area contributed by atoms with Gasteiger partial charge in [0.2, 0.25) is 17.7 Å². The van der Waals surface area contributed by atoms with Gasteiger partial charge in [0.15, 0.2) is 0 Å². The molecule has 0 rings (SSSR count). The number of unbranched alkanes of at least 4 members (excludes halogenated alkanes) is 1. The summed E-state index contributed by atoms with van der Waals surface area (Å²) >= 11 is 0. The highest BCUT2D eigenvalue weighted by molar-refractivity contribution is 5.92. The Kier molecular flexibility index (Phi) is 14.0. The summed E-state index contributed by atoms with van der Waals surface area (Å²) in [4.78, 5) is 59.8. The number of carbonyl (C=O) groups excluding carboxylic acids is 4. The van der Waals surface area contributed by atoms with Gasteiger partial charge < -0.3 is 41.6 Å². The van der Waals surface area contributed by atoms with Crippen molar-refractivity contribution in [2.45, 2.75) is 97.1 Å². The minimum Gasteiger partial charge on any atom is -0.480 e. The third kappa shape index (κ3) is 15.9. The van der Waals surface area contributed by atoms with Gasteiger partial charge in [-0.15, -0.1) is 0 Å². The van der Waals surface area contributed by atoms with Crippen LogP contribution in [0.5, 0.6) is 0 Å². The number of amides is 4. The molecular weight excluding hydrogens is 474 g/mol. The lowest BCUT2D eigenvalue weighted by atomic mass is 10.1. The van der Waals surface area contributed by atoms with Crippen LogP contribution in [0.1, 0.15) is 67.7 Å². The number of carboxylic acids is 1. The first kappa shape index (κ1) is 33.1. The summed E-state index contributed by atoms with van der Waals surface area (Å²) in [5.74, 6) is -3.19. The molecule has 0 aliphatic rings. The highest BCUT2D eigenvalue weighted by Gasteiger charge is 2.31. The molecular formula is C23H43N5O8. The standard InChI is InChI=1S/C23H43N5O8/c1-14(35-22(2,3)4)18(28-16(29)12-24)19(31)26-13-17(30)27-15(20(32)33)10-8-9-11-25-21(34)36-23(5,6)7/h14-15,18H,8-13,24H2,1-7H3,(H,25,34)(H,26,31)(H,27,30)(H,28,29)(H,32,33)/t14-,15+,18+/m1/s1. The fourth-order valence-corrected chi connectivity index (χ4v) is 3.01. The fourth-order valence-electron chi connectivity index (χ4n) is 3.01. The first-order chi connectivity index (χ1) is 16.4. The van der Waals surface area contributed by atoms with Crippen molar-refractivity contribution in [3.05, 3.63) is 0 Å². The fraction of sp³-hybridized carbons (Fsp3) is 0.783. The monoisotopic (exact) mass is 517 g/mol. The number of carboxylic acid groups (broad SMARTS) is 1. The number of nitrogens with one attached hydrogen (secondary N) is 4. The Morgan fingerprint density at radius 3 is 2.00 bits per heavy atom. The summed E-state index contributed by atoms with van der Waals surface area (Å²) in [6.07, 6.45) is -0.288. The van der Waals surface area contributed by atoms with E-state index in [1.165, 1.54) is 0 Å². The second kappa shape index (κ2) is 15.2. The molecule has 0 saturated carbocycles. The molecule has 0 aliphatic heterocycles. The van der Waals surface area contributed by atoms with Crippen LogP contribution in [0.25, 0.3) is 0 Å². The molecule has 0 aromatic carbocycles. The summed E-state index contributed by atoms with van der Waals surface area (Å²) in [5.41, 5.74) is 4.10. The highest BCUT2D eigenvalue weighted by Crippen LogP contribution is 2.13. The van der Waals surface area contributed by atoms with Gasteiger partial charge in [-0.05, 0) is 67.7 Å². The predicted molar refractivity (Wildman–Crippen MR) is 132 cm³/mol. The van der Waals surface area contributed by atoms with Gasteiger partial charge in [-0.3, -0.25) is 14.4 Å². The number of aliphatic carboxylic acids is 1. The van der Waals surface area contributed by atoms with Crippen molar-refractivity contribution in [2.24, 2.45) is 5.73 Å². The molecule has 0 aromatic heterocycles. The Labute approximate surface area is 212 Å². The summed E-state index contributed by atoms with van der Waals surface area (Å²) in [7, 11) is 0. The molecule has 0 aromatic rings. The topological polar surface area (TPSA) is 198 Å². The van der Waals surface area contributed by atoms with Crippen LogP contribution in [0.4, 0.5) is 4.79 Å². The first-order valence-electron chi connectivity index (χ1n) is 11.9. The molecule has 4 amide bonds. The molecule has 0 unspecified atom stereocenters. The van der Waals surface area contributed by atoms with Crippen LogP contribution in [0.2, 0.25) is 0 Å². The lowest BCUT2D eigenvalue weighted by Gasteiger charge is -2.30. The summed E-state index contributed by atoms with van der Waals surface area (Å²) < 4.78 is 10.9. The molecule has 0 spiro atoms. The van der Waals surface area contributed by atoms with E-state index in [0.29, 0.717) is 12.8 Å². The van der Waals surface area contributed by atoms with Gasteiger partial charge in [0, 0.05) is 6.54 Å². The third-order valence-electron chi connectivity index (χ3n) is 4.44. The molecule has 0 bridgehead atoms. The number of carbonyl (C=O) groups is 5. The van der Waals surface area contributed by atoms with E-state index in [9.17, 15) is 29.1 Å². The van der Waals surface area contributed by atoms with Crippen LogP contribution >= 0.6 is 0 Å². The van der Waals surface area contributed by atoms with E-state index in [4.69, 9.17) is 15.2 Å². The summed E-state index contributed by atoms with van der Waals surface area (Å²) in [6, 6.07) is -2.28. The van der Waals surface area contributed by atoms with Gasteiger partial charge in [0.05, 0.1) is 24.8 Å². The number of nitrogens with two attached hydrogens (primary N) is 1. The van der Waals surface area contributed by atoms with Gasteiger partial charge >= 0.3 is 12.1 Å². The summed E-state index contributed by atoms with van der Waals surface area (Å²) in [5, 5.41) is 19.2. The van der Waals surface area contributed by atoms with E-state index in [-0.39, 0.29) is 19.5 Å². The number of ether oxygens (including phenoxy) is 2. The molecule has 13 nitrogen and oxygen atoms in total. The maximum absolute atomic E-state index is 12.6. The number of rotatable bonds is 14. The second-order valence-electron chi connectivity index (χ2n) is 10.3. The molecule has 13 heteroatoms. The van der Waals surface area contributed by atoms with E-state index in [0.717, 1.165) is 0 Å². The van der Waals surface area contributed by atoms with Gasteiger partial charge in [-0.2, -0.15) is 0 Å². The average Bonchev–Trinajstić information content (AvgIpc) is 2.71. The zero-order chi connectivity index (χ0) is 28.1. The van der Waals surface area contributed by atoms with Gasteiger partial charge in [0.1, 0.15) is 17.7 Å². The Morgan fingerprint density at radius 2 is 1.50 bits per heavy atom. The van der Waals surface area contributed by atoms with Crippen LogP contribution in [0, 0.1) is 0 Å². The highest BCUT2D eigenvalue weighted by atomic mass is 16.6. The van der Waals surface area contributed by atoms with Crippen LogP contribution < -0.4 is 27.0 Å². The van der Waals surface area contributed by atoms with Crippen LogP contribution in [-0.2, 0) is 28.7 Å². The van der Waals surface area contributed by atoms with Crippen LogP contribution in [0.3, 0.4) is 0 Å². The number of hydrogen-bond donors (Lipinski definition) is 6. The first-order valence-corrected chi connectivity index (χ1v) is 11.9. The van der Waals surface area contributed by atoms with Crippen LogP contribution in [0.15, 0.2) is 0 Å². The van der Waals surface area contributed by atoms with Crippen molar-refractivity contribution in [1.82, 2.24) is 21.3 Å². The smallest absolute Gasteiger partial charge is 0.407 e. The Morgan fingerprint density at radius 1 is 0.889 bits per heavy atom. The van der Waals surface area contributed by atoms with Crippen LogP contribution in [-0.4, -0.2) is 83.9 Å². The van der Waals surface area contributed by atoms with E-state index < -0.39 is 65.7 Å². The Bertz CT molecular complexity index is 761. The molecule has 0 radical (unpaired) electrons. The van der Waals surface area contributed by atoms with Gasteiger partial charge in [-0.25, -0.2) is 9.59 Å². The molecule has 208 valence electrons. The third-order valence-corrected chi connectivity index (χ3v) is 4.44. The SMILES string of the molecule is C[C@@H](OC(C)(C)C)[C@H](NC(=O)CN)C(=O)NCC(=O)N[C@@H](CCCCNC(=O)OC(C)(C)C)C(=O)O. The number of alkyl carbamates (subject to hydrolysis) is 1. The molecule has 0 saturated heterocycles. The number of hydrogen-bond acceptors (Lipinski definition) is 8. The zero-order valence-corrected chi connectivity index (χ0v) is 22.4. The van der Waals surface area contributed by atoms with Crippen molar-refractivity contribution in [1.29, 1.82) is 0 Å². The molecule has 36 heavy (non-hydrogen) atoms.